The molecule has 0 fully saturated rings. The monoisotopic (exact) mass is 265 g/mol. The SMILES string of the molecule is CC(=O)C(=O)Oc1ccccc1.CCN(CC)CC. The molecule has 0 N–H and O–H groups in total. The lowest BCUT2D eigenvalue weighted by Crippen LogP contribution is -2.21. The molecule has 0 radical (unpaired) electrons. The second-order valence-electron chi connectivity index (χ2n) is 3.88. The largest absolute Gasteiger partial charge is 0.421 e. The maximum Gasteiger partial charge on any atom is 0.379 e. The van der Waals surface area contributed by atoms with E-state index in [0.29, 0.717) is 5.75 Å². The lowest BCUT2D eigenvalue weighted by Gasteiger charge is -2.13. The van der Waals surface area contributed by atoms with Crippen molar-refractivity contribution in [1.82, 2.24) is 4.90 Å². The molecule has 19 heavy (non-hydrogen) atoms. The van der Waals surface area contributed by atoms with E-state index in [9.17, 15) is 9.59 Å². The van der Waals surface area contributed by atoms with Crippen LogP contribution in [0.3, 0.4) is 0 Å². The molecule has 0 unspecified atom stereocenters. The number of ketones is 1. The first-order chi connectivity index (χ1) is 9.04. The zero-order valence-corrected chi connectivity index (χ0v) is 12.2. The van der Waals surface area contributed by atoms with E-state index in [0.717, 1.165) is 0 Å². The minimum absolute atomic E-state index is 0.387. The fraction of sp³-hybridized carbons (Fsp3) is 0.467. The summed E-state index contributed by atoms with van der Waals surface area (Å²) in [7, 11) is 0. The van der Waals surface area contributed by atoms with Crippen molar-refractivity contribution in [3.8, 4) is 5.75 Å². The van der Waals surface area contributed by atoms with Gasteiger partial charge in [0.05, 0.1) is 0 Å². The molecular formula is C15H23NO3. The Hall–Kier alpha value is -1.68. The highest BCUT2D eigenvalue weighted by Crippen LogP contribution is 2.08. The van der Waals surface area contributed by atoms with Crippen molar-refractivity contribution in [3.63, 3.8) is 0 Å². The maximum atomic E-state index is 10.7. The predicted molar refractivity (Wildman–Crippen MR) is 76.2 cm³/mol. The molecule has 4 heteroatoms. The fourth-order valence-corrected chi connectivity index (χ4v) is 1.34. The number of hydrogen-bond acceptors (Lipinski definition) is 4. The van der Waals surface area contributed by atoms with E-state index < -0.39 is 11.8 Å². The number of carbonyl (C=O) groups is 2. The second-order valence-corrected chi connectivity index (χ2v) is 3.88. The van der Waals surface area contributed by atoms with Crippen LogP contribution in [-0.4, -0.2) is 36.3 Å². The normalized spacial score (nSPS) is 9.53. The minimum Gasteiger partial charge on any atom is -0.421 e. The summed E-state index contributed by atoms with van der Waals surface area (Å²) in [5, 5.41) is 0. The van der Waals surface area contributed by atoms with Crippen LogP contribution in [0.1, 0.15) is 27.7 Å². The van der Waals surface area contributed by atoms with Gasteiger partial charge in [-0.05, 0) is 31.8 Å². The summed E-state index contributed by atoms with van der Waals surface area (Å²) in [4.78, 5) is 23.6. The molecule has 0 aliphatic rings. The Kier molecular flexibility index (Phi) is 9.35. The number of benzene rings is 1. The van der Waals surface area contributed by atoms with Crippen LogP contribution in [0.2, 0.25) is 0 Å². The highest BCUT2D eigenvalue weighted by atomic mass is 16.5. The average molecular weight is 265 g/mol. The highest BCUT2D eigenvalue weighted by molar-refractivity contribution is 6.33. The molecule has 1 aromatic carbocycles. The van der Waals surface area contributed by atoms with Crippen LogP contribution in [0.5, 0.6) is 5.75 Å². The van der Waals surface area contributed by atoms with Crippen LogP contribution in [0.4, 0.5) is 0 Å². The van der Waals surface area contributed by atoms with Gasteiger partial charge in [-0.25, -0.2) is 4.79 Å². The molecule has 0 atom stereocenters. The van der Waals surface area contributed by atoms with E-state index in [1.54, 1.807) is 30.3 Å². The maximum absolute atomic E-state index is 10.7. The van der Waals surface area contributed by atoms with Crippen LogP contribution in [0.15, 0.2) is 30.3 Å². The molecule has 1 rings (SSSR count). The lowest BCUT2D eigenvalue weighted by molar-refractivity contribution is -0.146. The number of ether oxygens (including phenoxy) is 1. The number of carbonyl (C=O) groups excluding carboxylic acids is 2. The van der Waals surface area contributed by atoms with Crippen LogP contribution in [0.25, 0.3) is 0 Å². The van der Waals surface area contributed by atoms with Gasteiger partial charge < -0.3 is 9.64 Å². The summed E-state index contributed by atoms with van der Waals surface area (Å²) in [6, 6.07) is 8.47. The number of para-hydroxylation sites is 1. The van der Waals surface area contributed by atoms with Gasteiger partial charge in [-0.15, -0.1) is 0 Å². The lowest BCUT2D eigenvalue weighted by atomic mass is 10.3. The van der Waals surface area contributed by atoms with Crippen molar-refractivity contribution in [3.05, 3.63) is 30.3 Å². The quantitative estimate of drug-likeness (QED) is 0.466. The zero-order valence-electron chi connectivity index (χ0n) is 12.2. The van der Waals surface area contributed by atoms with Gasteiger partial charge in [0.2, 0.25) is 5.78 Å². The third kappa shape index (κ3) is 8.11. The van der Waals surface area contributed by atoms with Gasteiger partial charge in [0.25, 0.3) is 0 Å². The molecule has 0 saturated heterocycles. The molecule has 1 aromatic rings. The third-order valence-corrected chi connectivity index (χ3v) is 2.58. The number of hydrogen-bond donors (Lipinski definition) is 0. The van der Waals surface area contributed by atoms with Gasteiger partial charge in [0.1, 0.15) is 5.75 Å². The summed E-state index contributed by atoms with van der Waals surface area (Å²) < 4.78 is 4.69. The van der Waals surface area contributed by atoms with E-state index in [2.05, 4.69) is 30.4 Å². The topological polar surface area (TPSA) is 46.6 Å². The summed E-state index contributed by atoms with van der Waals surface area (Å²) in [5.41, 5.74) is 0. The number of rotatable bonds is 5. The zero-order chi connectivity index (χ0) is 14.7. The van der Waals surface area contributed by atoms with Crippen molar-refractivity contribution in [2.45, 2.75) is 27.7 Å². The van der Waals surface area contributed by atoms with Crippen LogP contribution < -0.4 is 4.74 Å². The first kappa shape index (κ1) is 17.3. The molecule has 0 saturated carbocycles. The van der Waals surface area contributed by atoms with Crippen molar-refractivity contribution >= 4 is 11.8 Å². The summed E-state index contributed by atoms with van der Waals surface area (Å²) in [6.07, 6.45) is 0. The molecule has 0 heterocycles. The van der Waals surface area contributed by atoms with Gasteiger partial charge in [0.15, 0.2) is 0 Å². The van der Waals surface area contributed by atoms with E-state index >= 15 is 0 Å². The van der Waals surface area contributed by atoms with Crippen LogP contribution >= 0.6 is 0 Å². The highest BCUT2D eigenvalue weighted by Gasteiger charge is 2.08. The van der Waals surface area contributed by atoms with Crippen molar-refractivity contribution in [2.24, 2.45) is 0 Å². The Morgan fingerprint density at radius 1 is 1.00 bits per heavy atom. The van der Waals surface area contributed by atoms with Gasteiger partial charge in [-0.2, -0.15) is 0 Å². The van der Waals surface area contributed by atoms with E-state index in [4.69, 9.17) is 0 Å². The van der Waals surface area contributed by atoms with Crippen molar-refractivity contribution in [1.29, 1.82) is 0 Å². The summed E-state index contributed by atoms with van der Waals surface area (Å²) in [5.74, 6) is -1.04. The molecule has 0 aromatic heterocycles. The van der Waals surface area contributed by atoms with Crippen molar-refractivity contribution < 1.29 is 14.3 Å². The van der Waals surface area contributed by atoms with E-state index in [1.165, 1.54) is 26.6 Å². The molecule has 0 aliphatic carbocycles. The average Bonchev–Trinajstić information content (AvgIpc) is 2.42. The molecule has 106 valence electrons. The molecule has 0 spiro atoms. The molecule has 0 aliphatic heterocycles. The molecular weight excluding hydrogens is 242 g/mol. The summed E-state index contributed by atoms with van der Waals surface area (Å²) in [6.45, 7) is 11.3. The fourth-order valence-electron chi connectivity index (χ4n) is 1.34. The third-order valence-electron chi connectivity index (χ3n) is 2.58. The predicted octanol–water partition coefficient (Wildman–Crippen LogP) is 2.53. The summed E-state index contributed by atoms with van der Waals surface area (Å²) >= 11 is 0. The van der Waals surface area contributed by atoms with Gasteiger partial charge in [0, 0.05) is 6.92 Å². The van der Waals surface area contributed by atoms with Gasteiger partial charge >= 0.3 is 5.97 Å². The van der Waals surface area contributed by atoms with Gasteiger partial charge in [-0.1, -0.05) is 39.0 Å². The number of Topliss-reactive ketones (excluding diaryl/α,β-unsaturated/α-hetero) is 1. The Bertz CT molecular complexity index is 367. The Morgan fingerprint density at radius 2 is 1.47 bits per heavy atom. The molecule has 0 amide bonds. The molecule has 4 nitrogen and oxygen atoms in total. The van der Waals surface area contributed by atoms with Gasteiger partial charge in [-0.3, -0.25) is 4.79 Å². The molecule has 0 bridgehead atoms. The smallest absolute Gasteiger partial charge is 0.379 e. The minimum atomic E-state index is -0.832. The van der Waals surface area contributed by atoms with Crippen LogP contribution in [0, 0.1) is 0 Å². The van der Waals surface area contributed by atoms with Crippen LogP contribution in [-0.2, 0) is 9.59 Å². The number of nitrogens with zero attached hydrogens (tertiary/aromatic N) is 1. The first-order valence-electron chi connectivity index (χ1n) is 6.55. The van der Waals surface area contributed by atoms with Crippen molar-refractivity contribution in [2.75, 3.05) is 19.6 Å². The standard InChI is InChI=1S/C9H8O3.C6H15N/c1-7(10)9(11)12-8-5-3-2-4-6-8;1-4-7(5-2)6-3/h2-6H,1H3;4-6H2,1-3H3. The Labute approximate surface area is 115 Å². The Balaban J connectivity index is 0.000000399. The number of esters is 1. The Morgan fingerprint density at radius 3 is 1.79 bits per heavy atom. The van der Waals surface area contributed by atoms with E-state index in [1.807, 2.05) is 0 Å². The first-order valence-corrected chi connectivity index (χ1v) is 6.55. The van der Waals surface area contributed by atoms with E-state index in [-0.39, 0.29) is 0 Å². The second kappa shape index (κ2) is 10.3.